The summed E-state index contributed by atoms with van der Waals surface area (Å²) in [7, 11) is -3.55. The van der Waals surface area contributed by atoms with Crippen molar-refractivity contribution in [2.45, 2.75) is 50.8 Å². The molecule has 1 N–H and O–H groups in total. The quantitative estimate of drug-likeness (QED) is 0.712. The zero-order chi connectivity index (χ0) is 21.0. The maximum absolute atomic E-state index is 12.9. The first-order valence-electron chi connectivity index (χ1n) is 10.3. The van der Waals surface area contributed by atoms with Crippen LogP contribution in [-0.2, 0) is 24.3 Å². The number of nitrogens with one attached hydrogen (secondary N) is 1. The number of anilines is 1. The molecule has 2 fully saturated rings. The van der Waals surface area contributed by atoms with E-state index in [4.69, 9.17) is 4.74 Å². The summed E-state index contributed by atoms with van der Waals surface area (Å²) >= 11 is 0. The van der Waals surface area contributed by atoms with Crippen molar-refractivity contribution in [2.24, 2.45) is 17.8 Å². The molecule has 1 aromatic rings. The minimum atomic E-state index is -3.55. The number of carbonyl (C=O) groups is 2. The highest BCUT2D eigenvalue weighted by Gasteiger charge is 2.31. The third-order valence-corrected chi connectivity index (χ3v) is 7.49. The van der Waals surface area contributed by atoms with E-state index in [0.717, 1.165) is 32.1 Å². The van der Waals surface area contributed by atoms with Crippen LogP contribution in [-0.4, -0.2) is 44.3 Å². The predicted octanol–water partition coefficient (Wildman–Crippen LogP) is 3.03. The van der Waals surface area contributed by atoms with Crippen LogP contribution in [0.1, 0.15) is 46.0 Å². The number of ether oxygens (including phenoxy) is 1. The first kappa shape index (κ1) is 21.8. The van der Waals surface area contributed by atoms with E-state index in [1.807, 2.05) is 0 Å². The van der Waals surface area contributed by atoms with Gasteiger partial charge in [0.2, 0.25) is 10.0 Å². The lowest BCUT2D eigenvalue weighted by Crippen LogP contribution is -2.42. The van der Waals surface area contributed by atoms with Crippen LogP contribution < -0.4 is 5.32 Å². The molecule has 1 amide bonds. The Morgan fingerprint density at radius 1 is 1.07 bits per heavy atom. The third kappa shape index (κ3) is 5.57. The molecule has 0 radical (unpaired) electrons. The molecular weight excluding hydrogens is 392 g/mol. The third-order valence-electron chi connectivity index (χ3n) is 5.65. The molecule has 3 rings (SSSR count). The Bertz CT molecular complexity index is 821. The van der Waals surface area contributed by atoms with Crippen molar-refractivity contribution in [2.75, 3.05) is 25.0 Å². The van der Waals surface area contributed by atoms with Crippen LogP contribution in [0.25, 0.3) is 0 Å². The van der Waals surface area contributed by atoms with Gasteiger partial charge in [-0.25, -0.2) is 8.42 Å². The Morgan fingerprint density at radius 3 is 2.24 bits per heavy atom. The molecule has 160 valence electrons. The average molecular weight is 423 g/mol. The van der Waals surface area contributed by atoms with Gasteiger partial charge in [-0.15, -0.1) is 0 Å². The second-order valence-corrected chi connectivity index (χ2v) is 10.4. The summed E-state index contributed by atoms with van der Waals surface area (Å²) in [5.41, 5.74) is 0.464. The number of esters is 1. The smallest absolute Gasteiger partial charge is 0.309 e. The second-order valence-electron chi connectivity index (χ2n) is 8.43. The van der Waals surface area contributed by atoms with E-state index < -0.39 is 15.9 Å². The van der Waals surface area contributed by atoms with Crippen molar-refractivity contribution in [1.29, 1.82) is 0 Å². The minimum Gasteiger partial charge on any atom is -0.455 e. The highest BCUT2D eigenvalue weighted by molar-refractivity contribution is 7.89. The molecule has 0 bridgehead atoms. The van der Waals surface area contributed by atoms with Crippen LogP contribution >= 0.6 is 0 Å². The Kier molecular flexibility index (Phi) is 6.95. The first-order chi connectivity index (χ1) is 13.8. The summed E-state index contributed by atoms with van der Waals surface area (Å²) in [5.74, 6) is -0.180. The second kappa shape index (κ2) is 9.26. The van der Waals surface area contributed by atoms with Crippen LogP contribution in [0.4, 0.5) is 5.69 Å². The summed E-state index contributed by atoms with van der Waals surface area (Å²) in [4.78, 5) is 24.1. The maximum Gasteiger partial charge on any atom is 0.309 e. The summed E-state index contributed by atoms with van der Waals surface area (Å²) in [6.45, 7) is 4.85. The molecule has 0 unspecified atom stereocenters. The van der Waals surface area contributed by atoms with Gasteiger partial charge in [0.1, 0.15) is 0 Å². The van der Waals surface area contributed by atoms with Gasteiger partial charge < -0.3 is 10.1 Å². The summed E-state index contributed by atoms with van der Waals surface area (Å²) in [5, 5.41) is 2.64. The SMILES string of the molecule is C[C@@H]1C[C@H](C)CN(S(=O)(=O)c2ccc(NC(=O)COC(=O)C3CCCC3)cc2)C1. The van der Waals surface area contributed by atoms with Crippen LogP contribution in [0.15, 0.2) is 29.2 Å². The number of benzene rings is 1. The van der Waals surface area contributed by atoms with Crippen LogP contribution in [0.3, 0.4) is 0 Å². The van der Waals surface area contributed by atoms with Crippen molar-refractivity contribution in [3.8, 4) is 0 Å². The van der Waals surface area contributed by atoms with Crippen molar-refractivity contribution >= 4 is 27.6 Å². The lowest BCUT2D eigenvalue weighted by Gasteiger charge is -2.34. The van der Waals surface area contributed by atoms with Gasteiger partial charge >= 0.3 is 5.97 Å². The molecule has 1 aliphatic heterocycles. The van der Waals surface area contributed by atoms with Crippen molar-refractivity contribution in [3.05, 3.63) is 24.3 Å². The van der Waals surface area contributed by atoms with Crippen molar-refractivity contribution in [3.63, 3.8) is 0 Å². The first-order valence-corrected chi connectivity index (χ1v) is 11.8. The normalized spacial score (nSPS) is 23.7. The Hall–Kier alpha value is -1.93. The maximum atomic E-state index is 12.9. The molecule has 7 nitrogen and oxygen atoms in total. The number of piperidine rings is 1. The summed E-state index contributed by atoms with van der Waals surface area (Å²) in [6, 6.07) is 6.11. The molecule has 1 saturated carbocycles. The van der Waals surface area contributed by atoms with E-state index in [0.29, 0.717) is 30.6 Å². The van der Waals surface area contributed by atoms with E-state index in [9.17, 15) is 18.0 Å². The van der Waals surface area contributed by atoms with E-state index in [-0.39, 0.29) is 23.4 Å². The van der Waals surface area contributed by atoms with E-state index >= 15 is 0 Å². The monoisotopic (exact) mass is 422 g/mol. The lowest BCUT2D eigenvalue weighted by atomic mass is 9.94. The molecule has 1 heterocycles. The number of rotatable bonds is 6. The molecule has 0 aromatic heterocycles. The van der Waals surface area contributed by atoms with Gasteiger partial charge in [-0.3, -0.25) is 9.59 Å². The fourth-order valence-electron chi connectivity index (χ4n) is 4.27. The molecule has 2 aliphatic rings. The van der Waals surface area contributed by atoms with Crippen molar-refractivity contribution < 1.29 is 22.7 Å². The van der Waals surface area contributed by atoms with E-state index in [1.165, 1.54) is 12.1 Å². The zero-order valence-corrected chi connectivity index (χ0v) is 17.9. The predicted molar refractivity (Wildman–Crippen MR) is 110 cm³/mol. The fourth-order valence-corrected chi connectivity index (χ4v) is 5.95. The van der Waals surface area contributed by atoms with E-state index in [2.05, 4.69) is 19.2 Å². The van der Waals surface area contributed by atoms with Crippen LogP contribution in [0, 0.1) is 17.8 Å². The standard InChI is InChI=1S/C21H30N2O5S/c1-15-11-16(2)13-23(12-15)29(26,27)19-9-7-18(8-10-19)22-20(24)14-28-21(25)17-5-3-4-6-17/h7-10,15-17H,3-6,11-14H2,1-2H3,(H,22,24)/t15-,16+. The highest BCUT2D eigenvalue weighted by atomic mass is 32.2. The summed E-state index contributed by atoms with van der Waals surface area (Å²) < 4.78 is 32.4. The van der Waals surface area contributed by atoms with E-state index in [1.54, 1.807) is 16.4 Å². The molecular formula is C21H30N2O5S. The number of amides is 1. The Labute approximate surface area is 172 Å². The average Bonchev–Trinajstić information content (AvgIpc) is 3.21. The Morgan fingerprint density at radius 2 is 1.66 bits per heavy atom. The largest absolute Gasteiger partial charge is 0.455 e. The van der Waals surface area contributed by atoms with Gasteiger partial charge in [0, 0.05) is 18.8 Å². The highest BCUT2D eigenvalue weighted by Crippen LogP contribution is 2.27. The van der Waals surface area contributed by atoms with Gasteiger partial charge in [-0.05, 0) is 55.4 Å². The Balaban J connectivity index is 1.55. The molecule has 1 aromatic carbocycles. The van der Waals surface area contributed by atoms with Crippen molar-refractivity contribution in [1.82, 2.24) is 4.31 Å². The summed E-state index contributed by atoms with van der Waals surface area (Å²) in [6.07, 6.45) is 4.73. The fraction of sp³-hybridized carbons (Fsp3) is 0.619. The number of hydrogen-bond donors (Lipinski definition) is 1. The minimum absolute atomic E-state index is 0.0903. The molecule has 2 atom stereocenters. The zero-order valence-electron chi connectivity index (χ0n) is 17.1. The van der Waals surface area contributed by atoms with Crippen LogP contribution in [0.2, 0.25) is 0 Å². The number of hydrogen-bond acceptors (Lipinski definition) is 5. The number of sulfonamides is 1. The molecule has 0 spiro atoms. The van der Waals surface area contributed by atoms with Gasteiger partial charge in [-0.1, -0.05) is 26.7 Å². The number of carbonyl (C=O) groups excluding carboxylic acids is 2. The van der Waals surface area contributed by atoms with Crippen LogP contribution in [0.5, 0.6) is 0 Å². The molecule has 1 aliphatic carbocycles. The van der Waals surface area contributed by atoms with Gasteiger partial charge in [0.15, 0.2) is 6.61 Å². The molecule has 8 heteroatoms. The number of nitrogens with zero attached hydrogens (tertiary/aromatic N) is 1. The van der Waals surface area contributed by atoms with Gasteiger partial charge in [0.25, 0.3) is 5.91 Å². The van der Waals surface area contributed by atoms with Gasteiger partial charge in [-0.2, -0.15) is 4.31 Å². The topological polar surface area (TPSA) is 92.8 Å². The molecule has 1 saturated heterocycles. The molecule has 29 heavy (non-hydrogen) atoms. The lowest BCUT2D eigenvalue weighted by molar-refractivity contribution is -0.151. The van der Waals surface area contributed by atoms with Gasteiger partial charge in [0.05, 0.1) is 10.8 Å².